The van der Waals surface area contributed by atoms with E-state index in [1.165, 1.54) is 0 Å². The molecule has 0 radical (unpaired) electrons. The highest BCUT2D eigenvalue weighted by molar-refractivity contribution is 6.30. The van der Waals surface area contributed by atoms with Crippen LogP contribution in [-0.4, -0.2) is 29.0 Å². The molecule has 1 N–H and O–H groups in total. The lowest BCUT2D eigenvalue weighted by Gasteiger charge is -2.25. The summed E-state index contributed by atoms with van der Waals surface area (Å²) < 4.78 is 53.1. The van der Waals surface area contributed by atoms with E-state index < -0.39 is 23.5 Å². The van der Waals surface area contributed by atoms with Crippen LogP contribution in [0.25, 0.3) is 0 Å². The Labute approximate surface area is 222 Å². The standard InChI is InChI=1S/C29H24F4N4O2/c1-18(20-5-3-2-4-6-20)34-27(38)21-9-7-19(8-10-21)16-36-14-13-26-23(17-36)28(39)37(35-26)22-11-12-25(30)24(15-22)29(31,32)33/h2-12,15,17-18H,13-14,16H2,1H3,(H,34,38)/t18-/m1/s1. The highest BCUT2D eigenvalue weighted by atomic mass is 19.4. The summed E-state index contributed by atoms with van der Waals surface area (Å²) in [7, 11) is 0. The molecule has 0 aromatic heterocycles. The van der Waals surface area contributed by atoms with E-state index >= 15 is 0 Å². The van der Waals surface area contributed by atoms with Gasteiger partial charge in [-0.05, 0) is 48.4 Å². The van der Waals surface area contributed by atoms with E-state index in [0.717, 1.165) is 22.2 Å². The zero-order valence-corrected chi connectivity index (χ0v) is 20.9. The summed E-state index contributed by atoms with van der Waals surface area (Å²) in [5.41, 5.74) is 1.58. The molecule has 200 valence electrons. The van der Waals surface area contributed by atoms with Crippen molar-refractivity contribution in [2.75, 3.05) is 11.6 Å². The molecule has 0 unspecified atom stereocenters. The molecule has 10 heteroatoms. The van der Waals surface area contributed by atoms with Gasteiger partial charge in [0.1, 0.15) is 5.82 Å². The van der Waals surface area contributed by atoms with Crippen LogP contribution in [0.15, 0.2) is 89.7 Å². The number of carbonyl (C=O) groups is 2. The van der Waals surface area contributed by atoms with Crippen molar-refractivity contribution in [3.63, 3.8) is 0 Å². The van der Waals surface area contributed by atoms with Crippen molar-refractivity contribution in [3.05, 3.63) is 113 Å². The number of hydrazone groups is 1. The maximum atomic E-state index is 13.7. The normalized spacial score (nSPS) is 16.0. The predicted octanol–water partition coefficient (Wildman–Crippen LogP) is 5.83. The third-order valence-corrected chi connectivity index (χ3v) is 6.65. The van der Waals surface area contributed by atoms with Crippen LogP contribution in [0.2, 0.25) is 0 Å². The zero-order valence-electron chi connectivity index (χ0n) is 20.9. The molecule has 0 spiro atoms. The fraction of sp³-hybridized carbons (Fsp3) is 0.207. The van der Waals surface area contributed by atoms with Crippen LogP contribution in [0.4, 0.5) is 23.2 Å². The van der Waals surface area contributed by atoms with Crippen LogP contribution < -0.4 is 10.3 Å². The SMILES string of the molecule is C[C@@H](NC(=O)c1ccc(CN2C=C3C(=O)N(c4ccc(F)c(C(F)(F)F)c4)N=C3CC2)cc1)c1ccccc1. The highest BCUT2D eigenvalue weighted by Gasteiger charge is 2.38. The summed E-state index contributed by atoms with van der Waals surface area (Å²) in [6.07, 6.45) is -2.84. The molecule has 0 bridgehead atoms. The molecule has 1 atom stereocenters. The van der Waals surface area contributed by atoms with Crippen LogP contribution in [0.3, 0.4) is 0 Å². The van der Waals surface area contributed by atoms with Gasteiger partial charge in [0.25, 0.3) is 11.8 Å². The second-order valence-corrected chi connectivity index (χ2v) is 9.39. The number of alkyl halides is 3. The maximum Gasteiger partial charge on any atom is 0.419 e. The van der Waals surface area contributed by atoms with E-state index in [4.69, 9.17) is 0 Å². The Morgan fingerprint density at radius 1 is 1.05 bits per heavy atom. The monoisotopic (exact) mass is 536 g/mol. The van der Waals surface area contributed by atoms with Crippen LogP contribution in [0.1, 0.15) is 46.4 Å². The number of carbonyl (C=O) groups excluding carboxylic acids is 2. The molecule has 0 saturated heterocycles. The maximum absolute atomic E-state index is 13.7. The topological polar surface area (TPSA) is 65.0 Å². The van der Waals surface area contributed by atoms with Crippen molar-refractivity contribution < 1.29 is 27.2 Å². The average Bonchev–Trinajstić information content (AvgIpc) is 3.25. The number of hydrogen-bond acceptors (Lipinski definition) is 4. The second kappa shape index (κ2) is 10.4. The first-order valence-corrected chi connectivity index (χ1v) is 12.3. The Kier molecular flexibility index (Phi) is 6.94. The fourth-order valence-electron chi connectivity index (χ4n) is 4.53. The molecular formula is C29H24F4N4O2. The number of halogens is 4. The number of benzene rings is 3. The fourth-order valence-corrected chi connectivity index (χ4v) is 4.53. The highest BCUT2D eigenvalue weighted by Crippen LogP contribution is 2.36. The number of nitrogens with zero attached hydrogens (tertiary/aromatic N) is 3. The van der Waals surface area contributed by atoms with Crippen LogP contribution in [0.5, 0.6) is 0 Å². The van der Waals surface area contributed by atoms with E-state index in [1.807, 2.05) is 54.3 Å². The minimum absolute atomic E-state index is 0.146. The lowest BCUT2D eigenvalue weighted by Crippen LogP contribution is -2.29. The van der Waals surface area contributed by atoms with E-state index in [1.54, 1.807) is 18.3 Å². The molecule has 0 saturated carbocycles. The average molecular weight is 537 g/mol. The van der Waals surface area contributed by atoms with Gasteiger partial charge in [0.05, 0.1) is 28.6 Å². The first kappa shape index (κ1) is 26.1. The number of hydrogen-bond donors (Lipinski definition) is 1. The van der Waals surface area contributed by atoms with Crippen molar-refractivity contribution in [1.82, 2.24) is 10.2 Å². The summed E-state index contributed by atoms with van der Waals surface area (Å²) >= 11 is 0. The summed E-state index contributed by atoms with van der Waals surface area (Å²) in [6, 6.07) is 19.0. The Balaban J connectivity index is 1.25. The summed E-state index contributed by atoms with van der Waals surface area (Å²) in [4.78, 5) is 27.6. The molecule has 2 heterocycles. The van der Waals surface area contributed by atoms with Gasteiger partial charge in [-0.2, -0.15) is 23.3 Å². The number of rotatable bonds is 6. The van der Waals surface area contributed by atoms with Gasteiger partial charge in [0.2, 0.25) is 0 Å². The van der Waals surface area contributed by atoms with Crippen LogP contribution in [-0.2, 0) is 17.5 Å². The Morgan fingerprint density at radius 2 is 1.77 bits per heavy atom. The molecule has 5 rings (SSSR count). The molecular weight excluding hydrogens is 512 g/mol. The molecule has 2 amide bonds. The van der Waals surface area contributed by atoms with Crippen molar-refractivity contribution in [2.45, 2.75) is 32.1 Å². The molecule has 0 fully saturated rings. The Hall–Kier alpha value is -4.47. The van der Waals surface area contributed by atoms with Gasteiger partial charge >= 0.3 is 6.18 Å². The zero-order chi connectivity index (χ0) is 27.7. The predicted molar refractivity (Wildman–Crippen MR) is 138 cm³/mol. The molecule has 3 aromatic carbocycles. The summed E-state index contributed by atoms with van der Waals surface area (Å²) in [5.74, 6) is -2.18. The molecule has 2 aliphatic rings. The van der Waals surface area contributed by atoms with E-state index in [9.17, 15) is 27.2 Å². The lowest BCUT2D eigenvalue weighted by molar-refractivity contribution is -0.140. The Bertz CT molecular complexity index is 1470. The second-order valence-electron chi connectivity index (χ2n) is 9.39. The summed E-state index contributed by atoms with van der Waals surface area (Å²) in [5, 5.41) is 8.06. The number of anilines is 1. The van der Waals surface area contributed by atoms with Crippen molar-refractivity contribution in [3.8, 4) is 0 Å². The van der Waals surface area contributed by atoms with Crippen molar-refractivity contribution >= 4 is 23.2 Å². The van der Waals surface area contributed by atoms with E-state index in [2.05, 4.69) is 10.4 Å². The molecule has 3 aromatic rings. The van der Waals surface area contributed by atoms with Gasteiger partial charge in [-0.25, -0.2) is 4.39 Å². The van der Waals surface area contributed by atoms with Crippen LogP contribution >= 0.6 is 0 Å². The quantitative estimate of drug-likeness (QED) is 0.404. The lowest BCUT2D eigenvalue weighted by atomic mass is 10.0. The van der Waals surface area contributed by atoms with Crippen molar-refractivity contribution in [1.29, 1.82) is 0 Å². The minimum atomic E-state index is -4.89. The van der Waals surface area contributed by atoms with Crippen LogP contribution in [0, 0.1) is 5.82 Å². The number of nitrogens with one attached hydrogen (secondary N) is 1. The van der Waals surface area contributed by atoms with Gasteiger partial charge in [0, 0.05) is 31.3 Å². The molecule has 6 nitrogen and oxygen atoms in total. The van der Waals surface area contributed by atoms with Gasteiger partial charge in [-0.3, -0.25) is 9.59 Å². The van der Waals surface area contributed by atoms with Crippen molar-refractivity contribution in [2.24, 2.45) is 5.10 Å². The number of amides is 2. The third-order valence-electron chi connectivity index (χ3n) is 6.65. The smallest absolute Gasteiger partial charge is 0.372 e. The number of fused-ring (bicyclic) bond motifs is 1. The van der Waals surface area contributed by atoms with Gasteiger partial charge in [-0.1, -0.05) is 42.5 Å². The Morgan fingerprint density at radius 3 is 2.46 bits per heavy atom. The summed E-state index contributed by atoms with van der Waals surface area (Å²) in [6.45, 7) is 2.92. The van der Waals surface area contributed by atoms with Gasteiger partial charge in [0.15, 0.2) is 0 Å². The van der Waals surface area contributed by atoms with Gasteiger partial charge in [-0.15, -0.1) is 0 Å². The van der Waals surface area contributed by atoms with E-state index in [0.29, 0.717) is 42.9 Å². The first-order chi connectivity index (χ1) is 18.6. The minimum Gasteiger partial charge on any atom is -0.372 e. The molecule has 39 heavy (non-hydrogen) atoms. The van der Waals surface area contributed by atoms with E-state index in [-0.39, 0.29) is 23.2 Å². The largest absolute Gasteiger partial charge is 0.419 e. The molecule has 2 aliphatic heterocycles. The van der Waals surface area contributed by atoms with Gasteiger partial charge < -0.3 is 10.2 Å². The first-order valence-electron chi connectivity index (χ1n) is 12.3. The third kappa shape index (κ3) is 5.55. The molecule has 0 aliphatic carbocycles.